The second-order valence-electron chi connectivity index (χ2n) is 9.08. The second-order valence-corrected chi connectivity index (χ2v) is 9.08. The number of nitrogens with one attached hydrogen (secondary N) is 1. The van der Waals surface area contributed by atoms with Gasteiger partial charge in [-0.1, -0.05) is 101 Å². The van der Waals surface area contributed by atoms with E-state index in [9.17, 15) is 4.79 Å². The number of aromatic nitrogens is 2. The summed E-state index contributed by atoms with van der Waals surface area (Å²) >= 11 is 0. The topological polar surface area (TPSA) is 46.9 Å². The maximum atomic E-state index is 12.3. The standard InChI is InChI=1S/C29H41N3O/c1-2-3-4-5-6-7-8-9-15-24-32-27-19-14-13-18-26(27)31-28(32)22-23-30-29(33)21-20-25-16-11-10-12-17-25/h10-14,16-19H,2-9,15,20-24H2,1H3,(H,30,33). The number of hydrogen-bond donors (Lipinski definition) is 1. The van der Waals surface area contributed by atoms with Crippen molar-refractivity contribution in [1.29, 1.82) is 0 Å². The molecular weight excluding hydrogens is 406 g/mol. The molecule has 0 atom stereocenters. The zero-order valence-corrected chi connectivity index (χ0v) is 20.4. The third-order valence-corrected chi connectivity index (χ3v) is 6.37. The summed E-state index contributed by atoms with van der Waals surface area (Å²) < 4.78 is 2.37. The Kier molecular flexibility index (Phi) is 11.0. The highest BCUT2D eigenvalue weighted by Gasteiger charge is 2.11. The number of rotatable bonds is 16. The molecule has 1 heterocycles. The lowest BCUT2D eigenvalue weighted by Gasteiger charge is -2.10. The van der Waals surface area contributed by atoms with Crippen LogP contribution in [0.2, 0.25) is 0 Å². The minimum Gasteiger partial charge on any atom is -0.356 e. The van der Waals surface area contributed by atoms with Crippen molar-refractivity contribution in [1.82, 2.24) is 14.9 Å². The number of nitrogens with zero attached hydrogens (tertiary/aromatic N) is 2. The summed E-state index contributed by atoms with van der Waals surface area (Å²) in [6.45, 7) is 3.91. The van der Waals surface area contributed by atoms with Crippen molar-refractivity contribution in [3.8, 4) is 0 Å². The minimum atomic E-state index is 0.112. The lowest BCUT2D eigenvalue weighted by Crippen LogP contribution is -2.26. The highest BCUT2D eigenvalue weighted by molar-refractivity contribution is 5.77. The first-order valence-corrected chi connectivity index (χ1v) is 13.0. The summed E-state index contributed by atoms with van der Waals surface area (Å²) in [6, 6.07) is 18.6. The van der Waals surface area contributed by atoms with Gasteiger partial charge >= 0.3 is 0 Å². The van der Waals surface area contributed by atoms with Crippen LogP contribution in [0.3, 0.4) is 0 Å². The van der Waals surface area contributed by atoms with E-state index in [1.165, 1.54) is 68.9 Å². The van der Waals surface area contributed by atoms with Gasteiger partial charge in [0.2, 0.25) is 5.91 Å². The van der Waals surface area contributed by atoms with E-state index in [1.807, 2.05) is 24.3 Å². The first-order valence-electron chi connectivity index (χ1n) is 13.0. The van der Waals surface area contributed by atoms with E-state index in [-0.39, 0.29) is 5.91 Å². The Balaban J connectivity index is 1.42. The van der Waals surface area contributed by atoms with Crippen LogP contribution < -0.4 is 5.32 Å². The van der Waals surface area contributed by atoms with Crippen LogP contribution in [0, 0.1) is 0 Å². The molecule has 0 saturated heterocycles. The average molecular weight is 448 g/mol. The predicted molar refractivity (Wildman–Crippen MR) is 138 cm³/mol. The van der Waals surface area contributed by atoms with Gasteiger partial charge in [-0.25, -0.2) is 4.98 Å². The predicted octanol–water partition coefficient (Wildman–Crippen LogP) is 6.86. The highest BCUT2D eigenvalue weighted by Crippen LogP contribution is 2.18. The van der Waals surface area contributed by atoms with Gasteiger partial charge in [0.25, 0.3) is 0 Å². The second kappa shape index (κ2) is 14.5. The molecule has 0 unspecified atom stereocenters. The fourth-order valence-corrected chi connectivity index (χ4v) is 4.45. The Labute approximate surface area is 199 Å². The number of hydrogen-bond acceptors (Lipinski definition) is 2. The van der Waals surface area contributed by atoms with E-state index in [0.717, 1.165) is 30.7 Å². The fraction of sp³-hybridized carbons (Fsp3) is 0.517. The molecule has 0 aliphatic carbocycles. The minimum absolute atomic E-state index is 0.112. The summed E-state index contributed by atoms with van der Waals surface area (Å²) in [4.78, 5) is 17.2. The molecule has 0 aliphatic heterocycles. The molecule has 0 radical (unpaired) electrons. The number of unbranched alkanes of at least 4 members (excludes halogenated alkanes) is 8. The zero-order valence-electron chi connectivity index (χ0n) is 20.4. The first kappa shape index (κ1) is 25.0. The lowest BCUT2D eigenvalue weighted by atomic mass is 10.1. The van der Waals surface area contributed by atoms with Crippen molar-refractivity contribution >= 4 is 16.9 Å². The Morgan fingerprint density at radius 1 is 0.818 bits per heavy atom. The summed E-state index contributed by atoms with van der Waals surface area (Å²) in [6.07, 6.45) is 14.1. The lowest BCUT2D eigenvalue weighted by molar-refractivity contribution is -0.121. The summed E-state index contributed by atoms with van der Waals surface area (Å²) in [7, 11) is 0. The summed E-state index contributed by atoms with van der Waals surface area (Å²) in [5, 5.41) is 3.09. The maximum absolute atomic E-state index is 12.3. The van der Waals surface area contributed by atoms with Crippen molar-refractivity contribution in [2.24, 2.45) is 0 Å². The van der Waals surface area contributed by atoms with Gasteiger partial charge in [0.15, 0.2) is 0 Å². The molecule has 0 spiro atoms. The van der Waals surface area contributed by atoms with Crippen LogP contribution in [0.5, 0.6) is 0 Å². The first-order chi connectivity index (χ1) is 16.3. The molecule has 0 fully saturated rings. The molecule has 4 heteroatoms. The van der Waals surface area contributed by atoms with Crippen LogP contribution in [-0.4, -0.2) is 22.0 Å². The molecule has 33 heavy (non-hydrogen) atoms. The van der Waals surface area contributed by atoms with Crippen molar-refractivity contribution in [2.45, 2.75) is 90.5 Å². The fourth-order valence-electron chi connectivity index (χ4n) is 4.45. The molecule has 4 nitrogen and oxygen atoms in total. The highest BCUT2D eigenvalue weighted by atomic mass is 16.1. The Bertz CT molecular complexity index is 948. The normalized spacial score (nSPS) is 11.2. The van der Waals surface area contributed by atoms with Crippen LogP contribution in [0.1, 0.15) is 82.5 Å². The number of imidazole rings is 1. The smallest absolute Gasteiger partial charge is 0.220 e. The molecule has 0 aliphatic rings. The third-order valence-electron chi connectivity index (χ3n) is 6.37. The van der Waals surface area contributed by atoms with E-state index in [0.29, 0.717) is 13.0 Å². The summed E-state index contributed by atoms with van der Waals surface area (Å²) in [5.41, 5.74) is 3.47. The molecule has 0 saturated carbocycles. The van der Waals surface area contributed by atoms with Gasteiger partial charge in [-0.2, -0.15) is 0 Å². The molecule has 1 aromatic heterocycles. The molecule has 1 N–H and O–H groups in total. The van der Waals surface area contributed by atoms with Crippen LogP contribution in [0.15, 0.2) is 54.6 Å². The van der Waals surface area contributed by atoms with Gasteiger partial charge in [0.1, 0.15) is 5.82 Å². The SMILES string of the molecule is CCCCCCCCCCCn1c(CCNC(=O)CCc2ccccc2)nc2ccccc21. The summed E-state index contributed by atoms with van der Waals surface area (Å²) in [5.74, 6) is 1.19. The van der Waals surface area contributed by atoms with Crippen LogP contribution >= 0.6 is 0 Å². The molecule has 3 rings (SSSR count). The number of amides is 1. The number of para-hydroxylation sites is 2. The third kappa shape index (κ3) is 8.68. The van der Waals surface area contributed by atoms with Crippen molar-refractivity contribution in [3.05, 3.63) is 66.0 Å². The number of fused-ring (bicyclic) bond motifs is 1. The van der Waals surface area contributed by atoms with Crippen LogP contribution in [0.25, 0.3) is 11.0 Å². The van der Waals surface area contributed by atoms with E-state index in [4.69, 9.17) is 4.98 Å². The molecular formula is C29H41N3O. The quantitative estimate of drug-likeness (QED) is 0.244. The average Bonchev–Trinajstić information content (AvgIpc) is 3.19. The van der Waals surface area contributed by atoms with Crippen molar-refractivity contribution in [3.63, 3.8) is 0 Å². The van der Waals surface area contributed by atoms with E-state index < -0.39 is 0 Å². The van der Waals surface area contributed by atoms with Crippen LogP contribution in [-0.2, 0) is 24.2 Å². The van der Waals surface area contributed by atoms with E-state index >= 15 is 0 Å². The number of carbonyl (C=O) groups excluding carboxylic acids is 1. The Morgan fingerprint density at radius 3 is 2.24 bits per heavy atom. The molecule has 1 amide bonds. The van der Waals surface area contributed by atoms with E-state index in [1.54, 1.807) is 0 Å². The number of benzene rings is 2. The molecule has 178 valence electrons. The number of aryl methyl sites for hydroxylation is 2. The van der Waals surface area contributed by atoms with Gasteiger partial charge in [0.05, 0.1) is 11.0 Å². The Hall–Kier alpha value is -2.62. The molecule has 3 aromatic rings. The van der Waals surface area contributed by atoms with Gasteiger partial charge in [0, 0.05) is 25.9 Å². The van der Waals surface area contributed by atoms with Gasteiger partial charge in [-0.05, 0) is 30.5 Å². The van der Waals surface area contributed by atoms with Gasteiger partial charge in [-0.3, -0.25) is 4.79 Å². The van der Waals surface area contributed by atoms with Crippen molar-refractivity contribution < 1.29 is 4.79 Å². The largest absolute Gasteiger partial charge is 0.356 e. The van der Waals surface area contributed by atoms with Gasteiger partial charge in [-0.15, -0.1) is 0 Å². The van der Waals surface area contributed by atoms with Gasteiger partial charge < -0.3 is 9.88 Å². The van der Waals surface area contributed by atoms with Crippen molar-refractivity contribution in [2.75, 3.05) is 6.54 Å². The van der Waals surface area contributed by atoms with Crippen LogP contribution in [0.4, 0.5) is 0 Å². The monoisotopic (exact) mass is 447 g/mol. The molecule has 0 bridgehead atoms. The molecule has 2 aromatic carbocycles. The maximum Gasteiger partial charge on any atom is 0.220 e. The number of carbonyl (C=O) groups is 1. The van der Waals surface area contributed by atoms with E-state index in [2.05, 4.69) is 47.1 Å². The Morgan fingerprint density at radius 2 is 1.48 bits per heavy atom. The zero-order chi connectivity index (χ0) is 23.1.